The first-order valence-corrected chi connectivity index (χ1v) is 7.37. The van der Waals surface area contributed by atoms with E-state index in [9.17, 15) is 5.11 Å². The Labute approximate surface area is 127 Å². The molecule has 0 fully saturated rings. The number of aliphatic hydroxyl groups is 1. The molecule has 2 heteroatoms. The van der Waals surface area contributed by atoms with Crippen molar-refractivity contribution >= 4 is 0 Å². The molecule has 0 aromatic heterocycles. The Bertz CT molecular complexity index is 607. The zero-order valence-corrected chi connectivity index (χ0v) is 13.5. The third-order valence-corrected chi connectivity index (χ3v) is 3.55. The molecule has 112 valence electrons. The molecule has 2 nitrogen and oxygen atoms in total. The van der Waals surface area contributed by atoms with Gasteiger partial charge in [-0.3, -0.25) is 0 Å². The second kappa shape index (κ2) is 5.90. The van der Waals surface area contributed by atoms with Gasteiger partial charge in [0.15, 0.2) is 0 Å². The Morgan fingerprint density at radius 1 is 0.952 bits per heavy atom. The van der Waals surface area contributed by atoms with Gasteiger partial charge in [-0.25, -0.2) is 0 Å². The third-order valence-electron chi connectivity index (χ3n) is 3.55. The quantitative estimate of drug-likeness (QED) is 0.904. The van der Waals surface area contributed by atoms with Gasteiger partial charge in [0, 0.05) is 0 Å². The van der Waals surface area contributed by atoms with Gasteiger partial charge >= 0.3 is 0 Å². The van der Waals surface area contributed by atoms with Crippen LogP contribution in [0.4, 0.5) is 0 Å². The molecule has 0 radical (unpaired) electrons. The Morgan fingerprint density at radius 2 is 1.57 bits per heavy atom. The molecule has 1 unspecified atom stereocenters. The summed E-state index contributed by atoms with van der Waals surface area (Å²) in [6.45, 7) is 9.91. The maximum Gasteiger partial charge on any atom is 0.120 e. The molecule has 0 aliphatic carbocycles. The van der Waals surface area contributed by atoms with Crippen molar-refractivity contribution in [2.24, 2.45) is 0 Å². The van der Waals surface area contributed by atoms with E-state index in [4.69, 9.17) is 4.74 Å². The Morgan fingerprint density at radius 3 is 2.14 bits per heavy atom. The van der Waals surface area contributed by atoms with Crippen molar-refractivity contribution in [2.75, 3.05) is 0 Å². The third kappa shape index (κ3) is 3.64. The lowest BCUT2D eigenvalue weighted by Crippen LogP contribution is -2.23. The molecule has 0 saturated carbocycles. The number of rotatable bonds is 4. The average Bonchev–Trinajstić information content (AvgIpc) is 2.37. The molecule has 0 bridgehead atoms. The van der Waals surface area contributed by atoms with E-state index in [0.29, 0.717) is 0 Å². The second-order valence-electron chi connectivity index (χ2n) is 6.14. The number of benzene rings is 2. The molecule has 0 heterocycles. The minimum Gasteiger partial charge on any atom is -0.491 e. The van der Waals surface area contributed by atoms with Gasteiger partial charge in [0.2, 0.25) is 0 Å². The van der Waals surface area contributed by atoms with E-state index in [1.54, 1.807) is 0 Å². The van der Waals surface area contributed by atoms with Crippen molar-refractivity contribution in [1.82, 2.24) is 0 Å². The van der Waals surface area contributed by atoms with Crippen LogP contribution in [0.15, 0.2) is 42.5 Å². The van der Waals surface area contributed by atoms with Crippen molar-refractivity contribution in [2.45, 2.75) is 46.3 Å². The summed E-state index contributed by atoms with van der Waals surface area (Å²) in [5.74, 6) is 0.784. The highest BCUT2D eigenvalue weighted by molar-refractivity contribution is 5.42. The molecule has 0 aliphatic heterocycles. The van der Waals surface area contributed by atoms with Crippen LogP contribution in [0.2, 0.25) is 0 Å². The molecule has 0 saturated heterocycles. The Kier molecular flexibility index (Phi) is 4.38. The highest BCUT2D eigenvalue weighted by Crippen LogP contribution is 2.32. The number of hydrogen-bond acceptors (Lipinski definition) is 2. The first kappa shape index (κ1) is 15.6. The number of hydrogen-bond donors (Lipinski definition) is 1. The largest absolute Gasteiger partial charge is 0.491 e. The van der Waals surface area contributed by atoms with Gasteiger partial charge in [-0.15, -0.1) is 0 Å². The monoisotopic (exact) mass is 284 g/mol. The number of aryl methyl sites for hydroxylation is 2. The van der Waals surface area contributed by atoms with Crippen LogP contribution in [0.25, 0.3) is 0 Å². The molecular weight excluding hydrogens is 260 g/mol. The van der Waals surface area contributed by atoms with E-state index in [1.807, 2.05) is 71.0 Å². The topological polar surface area (TPSA) is 29.5 Å². The van der Waals surface area contributed by atoms with E-state index in [-0.39, 0.29) is 6.10 Å². The van der Waals surface area contributed by atoms with Crippen LogP contribution in [0.1, 0.15) is 43.0 Å². The highest BCUT2D eigenvalue weighted by atomic mass is 16.5. The molecule has 1 atom stereocenters. The van der Waals surface area contributed by atoms with Crippen LogP contribution in [-0.4, -0.2) is 11.2 Å². The lowest BCUT2D eigenvalue weighted by molar-refractivity contribution is 0.101. The lowest BCUT2D eigenvalue weighted by Gasteiger charge is -2.26. The van der Waals surface area contributed by atoms with Crippen LogP contribution in [0.3, 0.4) is 0 Å². The summed E-state index contributed by atoms with van der Waals surface area (Å²) in [5, 5.41) is 11.0. The van der Waals surface area contributed by atoms with Gasteiger partial charge in [0.25, 0.3) is 0 Å². The molecule has 0 amide bonds. The smallest absolute Gasteiger partial charge is 0.120 e. The van der Waals surface area contributed by atoms with Gasteiger partial charge in [-0.1, -0.05) is 41.5 Å². The van der Waals surface area contributed by atoms with Crippen molar-refractivity contribution in [3.8, 4) is 5.75 Å². The van der Waals surface area contributed by atoms with E-state index in [1.165, 1.54) is 0 Å². The van der Waals surface area contributed by atoms with Crippen molar-refractivity contribution < 1.29 is 9.84 Å². The fourth-order valence-electron chi connectivity index (χ4n) is 2.57. The number of ether oxygens (including phenoxy) is 1. The highest BCUT2D eigenvalue weighted by Gasteiger charge is 2.26. The summed E-state index contributed by atoms with van der Waals surface area (Å²) in [5.41, 5.74) is 3.01. The van der Waals surface area contributed by atoms with Gasteiger partial charge < -0.3 is 9.84 Å². The summed E-state index contributed by atoms with van der Waals surface area (Å²) >= 11 is 0. The summed E-state index contributed by atoms with van der Waals surface area (Å²) in [6, 6.07) is 13.9. The predicted molar refractivity (Wildman–Crippen MR) is 86.8 cm³/mol. The fraction of sp³-hybridized carbons (Fsp3) is 0.368. The van der Waals surface area contributed by atoms with Gasteiger partial charge in [0.05, 0.1) is 6.10 Å². The van der Waals surface area contributed by atoms with E-state index < -0.39 is 5.60 Å². The summed E-state index contributed by atoms with van der Waals surface area (Å²) in [4.78, 5) is 0. The average molecular weight is 284 g/mol. The zero-order valence-electron chi connectivity index (χ0n) is 13.5. The predicted octanol–water partition coefficient (Wildman–Crippen LogP) is 4.35. The van der Waals surface area contributed by atoms with Crippen molar-refractivity contribution in [3.05, 3.63) is 64.7 Å². The Hall–Kier alpha value is -1.80. The van der Waals surface area contributed by atoms with Gasteiger partial charge in [-0.2, -0.15) is 0 Å². The summed E-state index contributed by atoms with van der Waals surface area (Å²) < 4.78 is 5.72. The summed E-state index contributed by atoms with van der Waals surface area (Å²) in [7, 11) is 0. The molecule has 0 aliphatic rings. The Balaban J connectivity index is 2.43. The maximum absolute atomic E-state index is 11.0. The minimum atomic E-state index is -1.03. The normalized spacial score (nSPS) is 14.0. The fourth-order valence-corrected chi connectivity index (χ4v) is 2.57. The SMILES string of the molecule is Cc1cc(C)cc(C(C)(O)c2cccc(OC(C)C)c2)c1. The molecule has 1 N–H and O–H groups in total. The first-order chi connectivity index (χ1) is 9.79. The molecule has 2 aromatic rings. The van der Waals surface area contributed by atoms with Crippen LogP contribution in [0.5, 0.6) is 5.75 Å². The first-order valence-electron chi connectivity index (χ1n) is 7.37. The zero-order chi connectivity index (χ0) is 15.6. The van der Waals surface area contributed by atoms with Gasteiger partial charge in [-0.05, 0) is 57.9 Å². The van der Waals surface area contributed by atoms with Crippen LogP contribution in [-0.2, 0) is 5.60 Å². The molecule has 2 rings (SSSR count). The van der Waals surface area contributed by atoms with Crippen LogP contribution >= 0.6 is 0 Å². The van der Waals surface area contributed by atoms with E-state index in [0.717, 1.165) is 28.0 Å². The van der Waals surface area contributed by atoms with Crippen LogP contribution in [0, 0.1) is 13.8 Å². The van der Waals surface area contributed by atoms with Crippen LogP contribution < -0.4 is 4.74 Å². The van der Waals surface area contributed by atoms with Gasteiger partial charge in [0.1, 0.15) is 11.4 Å². The standard InChI is InChI=1S/C19H24O2/c1-13(2)21-18-8-6-7-16(12-18)19(5,20)17-10-14(3)9-15(4)11-17/h6-13,20H,1-5H3. The molecule has 0 spiro atoms. The maximum atomic E-state index is 11.0. The van der Waals surface area contributed by atoms with E-state index >= 15 is 0 Å². The second-order valence-corrected chi connectivity index (χ2v) is 6.14. The minimum absolute atomic E-state index is 0.117. The summed E-state index contributed by atoms with van der Waals surface area (Å²) in [6.07, 6.45) is 0.117. The lowest BCUT2D eigenvalue weighted by atomic mass is 9.86. The molecule has 2 aromatic carbocycles. The van der Waals surface area contributed by atoms with Crippen molar-refractivity contribution in [3.63, 3.8) is 0 Å². The molecular formula is C19H24O2. The van der Waals surface area contributed by atoms with E-state index in [2.05, 4.69) is 6.07 Å². The van der Waals surface area contributed by atoms with Crippen molar-refractivity contribution in [1.29, 1.82) is 0 Å². The molecule has 21 heavy (non-hydrogen) atoms.